The third-order valence-electron chi connectivity index (χ3n) is 5.18. The predicted molar refractivity (Wildman–Crippen MR) is 108 cm³/mol. The molecule has 0 aliphatic carbocycles. The molecule has 0 radical (unpaired) electrons. The van der Waals surface area contributed by atoms with Gasteiger partial charge in [-0.1, -0.05) is 24.6 Å². The molecule has 8 heteroatoms. The average molecular weight is 406 g/mol. The highest BCUT2D eigenvalue weighted by Crippen LogP contribution is 2.37. The van der Waals surface area contributed by atoms with Crippen LogP contribution in [0.25, 0.3) is 0 Å². The molecule has 3 unspecified atom stereocenters. The monoisotopic (exact) mass is 405 g/mol. The zero-order chi connectivity index (χ0) is 19.9. The van der Waals surface area contributed by atoms with Crippen LogP contribution in [-0.4, -0.2) is 64.1 Å². The van der Waals surface area contributed by atoms with Gasteiger partial charge in [0.15, 0.2) is 0 Å². The minimum absolute atomic E-state index is 0.0132. The summed E-state index contributed by atoms with van der Waals surface area (Å²) in [6, 6.07) is 8.45. The second-order valence-corrected chi connectivity index (χ2v) is 8.40. The lowest BCUT2D eigenvalue weighted by atomic mass is 10.0. The van der Waals surface area contributed by atoms with Crippen molar-refractivity contribution >= 4 is 29.6 Å². The number of carbonyl (C=O) groups is 3. The van der Waals surface area contributed by atoms with Gasteiger partial charge in [0.05, 0.1) is 12.1 Å². The van der Waals surface area contributed by atoms with Crippen molar-refractivity contribution in [1.29, 1.82) is 0 Å². The molecule has 28 heavy (non-hydrogen) atoms. The van der Waals surface area contributed by atoms with Gasteiger partial charge in [-0.25, -0.2) is 4.79 Å². The highest BCUT2D eigenvalue weighted by atomic mass is 32.2. The van der Waals surface area contributed by atoms with Crippen LogP contribution in [0.15, 0.2) is 30.3 Å². The molecule has 3 N–H and O–H groups in total. The fourth-order valence-electron chi connectivity index (χ4n) is 3.72. The van der Waals surface area contributed by atoms with E-state index in [1.807, 2.05) is 6.07 Å². The number of aliphatic hydroxyl groups is 1. The van der Waals surface area contributed by atoms with Gasteiger partial charge in [-0.05, 0) is 31.4 Å². The van der Waals surface area contributed by atoms with Crippen LogP contribution < -0.4 is 10.6 Å². The average Bonchev–Trinajstić information content (AvgIpc) is 3.23. The van der Waals surface area contributed by atoms with Gasteiger partial charge in [-0.2, -0.15) is 11.8 Å². The summed E-state index contributed by atoms with van der Waals surface area (Å²) in [6.07, 6.45) is 3.65. The van der Waals surface area contributed by atoms with Gasteiger partial charge in [-0.15, -0.1) is 0 Å². The summed E-state index contributed by atoms with van der Waals surface area (Å²) in [5.74, 6) is 0.513. The number of hydrogen-bond donors (Lipinski definition) is 3. The SMILES string of the molecule is O=C(CCCCC1SCC2C1NC(=O)N2C(=O)c1ccccc1)NCCCO. The van der Waals surface area contributed by atoms with Crippen LogP contribution in [0.2, 0.25) is 0 Å². The largest absolute Gasteiger partial charge is 0.396 e. The maximum absolute atomic E-state index is 12.7. The molecule has 4 amide bonds. The Kier molecular flexibility index (Phi) is 7.33. The Morgan fingerprint density at radius 3 is 2.75 bits per heavy atom. The molecule has 0 bridgehead atoms. The fraction of sp³-hybridized carbons (Fsp3) is 0.550. The predicted octanol–water partition coefficient (Wildman–Crippen LogP) is 1.76. The Bertz CT molecular complexity index is 700. The van der Waals surface area contributed by atoms with Crippen molar-refractivity contribution in [2.75, 3.05) is 18.9 Å². The van der Waals surface area contributed by atoms with E-state index in [0.717, 1.165) is 25.0 Å². The van der Waals surface area contributed by atoms with Crippen molar-refractivity contribution in [2.45, 2.75) is 49.4 Å². The molecule has 3 atom stereocenters. The van der Waals surface area contributed by atoms with Crippen LogP contribution in [0.4, 0.5) is 4.79 Å². The first-order valence-corrected chi connectivity index (χ1v) is 10.8. The third kappa shape index (κ3) is 4.86. The van der Waals surface area contributed by atoms with Gasteiger partial charge < -0.3 is 15.7 Å². The lowest BCUT2D eigenvalue weighted by Crippen LogP contribution is -2.41. The second kappa shape index (κ2) is 9.93. The standard InChI is InChI=1S/C20H27N3O4S/c24-12-6-11-21-17(25)10-5-4-9-16-18-15(13-28-16)23(20(27)22-18)19(26)14-7-2-1-3-8-14/h1-3,7-8,15-16,18,24H,4-6,9-13H2,(H,21,25)(H,22,27). The van der Waals surface area contributed by atoms with E-state index in [1.54, 1.807) is 36.0 Å². The molecule has 2 saturated heterocycles. The molecule has 3 rings (SSSR count). The molecule has 2 aliphatic heterocycles. The molecule has 2 aliphatic rings. The number of fused-ring (bicyclic) bond motifs is 1. The lowest BCUT2D eigenvalue weighted by molar-refractivity contribution is -0.121. The highest BCUT2D eigenvalue weighted by molar-refractivity contribution is 8.00. The number of benzene rings is 1. The van der Waals surface area contributed by atoms with E-state index in [9.17, 15) is 14.4 Å². The molecule has 2 fully saturated rings. The Morgan fingerprint density at radius 2 is 2.00 bits per heavy atom. The topological polar surface area (TPSA) is 98.7 Å². The van der Waals surface area contributed by atoms with Crippen molar-refractivity contribution in [2.24, 2.45) is 0 Å². The quantitative estimate of drug-likeness (QED) is 0.430. The molecule has 0 aromatic heterocycles. The highest BCUT2D eigenvalue weighted by Gasteiger charge is 2.50. The van der Waals surface area contributed by atoms with Crippen LogP contribution in [0.5, 0.6) is 0 Å². The fourth-order valence-corrected chi connectivity index (χ4v) is 5.31. The Balaban J connectivity index is 1.46. The first-order chi connectivity index (χ1) is 13.6. The normalized spacial score (nSPS) is 23.4. The van der Waals surface area contributed by atoms with E-state index in [0.29, 0.717) is 24.9 Å². The number of hydrogen-bond acceptors (Lipinski definition) is 5. The number of carbonyl (C=O) groups excluding carboxylic acids is 3. The molecule has 2 heterocycles. The van der Waals surface area contributed by atoms with Gasteiger partial charge in [0.1, 0.15) is 0 Å². The number of thioether (sulfide) groups is 1. The Hall–Kier alpha value is -2.06. The molecule has 152 valence electrons. The van der Waals surface area contributed by atoms with E-state index < -0.39 is 0 Å². The molecule has 0 saturated carbocycles. The Labute approximate surface area is 169 Å². The number of imide groups is 1. The summed E-state index contributed by atoms with van der Waals surface area (Å²) in [5, 5.41) is 14.8. The number of urea groups is 1. The summed E-state index contributed by atoms with van der Waals surface area (Å²) in [6.45, 7) is 0.589. The maximum atomic E-state index is 12.7. The van der Waals surface area contributed by atoms with Crippen molar-refractivity contribution in [3.63, 3.8) is 0 Å². The van der Waals surface area contributed by atoms with Crippen LogP contribution in [0.3, 0.4) is 0 Å². The van der Waals surface area contributed by atoms with Crippen LogP contribution in [0.1, 0.15) is 42.5 Å². The number of amides is 4. The molecule has 1 aromatic carbocycles. The Morgan fingerprint density at radius 1 is 1.21 bits per heavy atom. The second-order valence-electron chi connectivity index (χ2n) is 7.13. The first-order valence-electron chi connectivity index (χ1n) is 9.80. The first kappa shape index (κ1) is 20.7. The van der Waals surface area contributed by atoms with E-state index >= 15 is 0 Å². The molecule has 7 nitrogen and oxygen atoms in total. The van der Waals surface area contributed by atoms with Gasteiger partial charge >= 0.3 is 6.03 Å². The van der Waals surface area contributed by atoms with Gasteiger partial charge in [0, 0.05) is 36.1 Å². The minimum Gasteiger partial charge on any atom is -0.396 e. The number of unbranched alkanes of at least 4 members (excludes halogenated alkanes) is 1. The number of nitrogens with one attached hydrogen (secondary N) is 2. The third-order valence-corrected chi connectivity index (χ3v) is 6.67. The lowest BCUT2D eigenvalue weighted by Gasteiger charge is -2.20. The van der Waals surface area contributed by atoms with Crippen LogP contribution >= 0.6 is 11.8 Å². The van der Waals surface area contributed by atoms with E-state index in [4.69, 9.17) is 5.11 Å². The summed E-state index contributed by atoms with van der Waals surface area (Å²) in [4.78, 5) is 38.2. The number of nitrogens with zero attached hydrogens (tertiary/aromatic N) is 1. The molecule has 1 aromatic rings. The summed E-state index contributed by atoms with van der Waals surface area (Å²) < 4.78 is 0. The van der Waals surface area contributed by atoms with Crippen LogP contribution in [-0.2, 0) is 4.79 Å². The van der Waals surface area contributed by atoms with Crippen LogP contribution in [0, 0.1) is 0 Å². The number of aliphatic hydroxyl groups excluding tert-OH is 1. The minimum atomic E-state index is -0.308. The summed E-state index contributed by atoms with van der Waals surface area (Å²) in [7, 11) is 0. The van der Waals surface area contributed by atoms with E-state index in [1.165, 1.54) is 4.90 Å². The van der Waals surface area contributed by atoms with Gasteiger partial charge in [-0.3, -0.25) is 14.5 Å². The van der Waals surface area contributed by atoms with Crippen molar-refractivity contribution in [1.82, 2.24) is 15.5 Å². The van der Waals surface area contributed by atoms with Crippen molar-refractivity contribution in [3.05, 3.63) is 35.9 Å². The van der Waals surface area contributed by atoms with Gasteiger partial charge in [0.25, 0.3) is 5.91 Å². The van der Waals surface area contributed by atoms with E-state index in [-0.39, 0.29) is 41.8 Å². The summed E-state index contributed by atoms with van der Waals surface area (Å²) >= 11 is 1.79. The summed E-state index contributed by atoms with van der Waals surface area (Å²) in [5.41, 5.74) is 0.527. The zero-order valence-electron chi connectivity index (χ0n) is 15.8. The van der Waals surface area contributed by atoms with Crippen molar-refractivity contribution < 1.29 is 19.5 Å². The van der Waals surface area contributed by atoms with E-state index in [2.05, 4.69) is 10.6 Å². The number of rotatable bonds is 9. The smallest absolute Gasteiger partial charge is 0.325 e. The molecular formula is C20H27N3O4S. The molecular weight excluding hydrogens is 378 g/mol. The van der Waals surface area contributed by atoms with Crippen molar-refractivity contribution in [3.8, 4) is 0 Å². The molecule has 0 spiro atoms. The maximum Gasteiger partial charge on any atom is 0.325 e. The zero-order valence-corrected chi connectivity index (χ0v) is 16.6. The van der Waals surface area contributed by atoms with Gasteiger partial charge in [0.2, 0.25) is 5.91 Å².